The molecule has 0 saturated carbocycles. The second-order valence-electron chi connectivity index (χ2n) is 7.80. The minimum absolute atomic E-state index is 0.650. The van der Waals surface area contributed by atoms with Crippen LogP contribution in [0.4, 0.5) is 0 Å². The number of benzene rings is 1. The molecule has 6 heteroatoms. The van der Waals surface area contributed by atoms with Gasteiger partial charge < -0.3 is 14.8 Å². The molecule has 1 atom stereocenters. The van der Waals surface area contributed by atoms with E-state index in [9.17, 15) is 0 Å². The van der Waals surface area contributed by atoms with E-state index >= 15 is 0 Å². The SMILES string of the molecule is CCN1CCCCC1CNCc1cn(C)nc1-c1ccc2c(c1)OCCCO2. The van der Waals surface area contributed by atoms with E-state index in [0.717, 1.165) is 48.8 Å². The monoisotopic (exact) mass is 384 g/mol. The molecule has 1 aromatic carbocycles. The first-order valence-corrected chi connectivity index (χ1v) is 10.6. The van der Waals surface area contributed by atoms with Gasteiger partial charge in [-0.25, -0.2) is 0 Å². The van der Waals surface area contributed by atoms with Gasteiger partial charge >= 0.3 is 0 Å². The molecule has 0 amide bonds. The van der Waals surface area contributed by atoms with E-state index in [2.05, 4.69) is 35.5 Å². The molecule has 6 nitrogen and oxygen atoms in total. The van der Waals surface area contributed by atoms with E-state index in [1.807, 2.05) is 17.8 Å². The molecule has 2 aromatic rings. The summed E-state index contributed by atoms with van der Waals surface area (Å²) in [6.07, 6.45) is 7.00. The summed E-state index contributed by atoms with van der Waals surface area (Å²) in [6.45, 7) is 7.90. The fraction of sp³-hybridized carbons (Fsp3) is 0.591. The molecule has 1 saturated heterocycles. The van der Waals surface area contributed by atoms with Gasteiger partial charge in [0.1, 0.15) is 0 Å². The molecule has 0 bridgehead atoms. The molecule has 1 N–H and O–H groups in total. The highest BCUT2D eigenvalue weighted by Gasteiger charge is 2.21. The fourth-order valence-electron chi connectivity index (χ4n) is 4.30. The molecule has 1 unspecified atom stereocenters. The van der Waals surface area contributed by atoms with Gasteiger partial charge in [-0.05, 0) is 44.1 Å². The van der Waals surface area contributed by atoms with Gasteiger partial charge in [0.15, 0.2) is 11.5 Å². The Hall–Kier alpha value is -2.05. The lowest BCUT2D eigenvalue weighted by atomic mass is 10.0. The normalized spacial score (nSPS) is 20.1. The topological polar surface area (TPSA) is 51.6 Å². The van der Waals surface area contributed by atoms with E-state index in [-0.39, 0.29) is 0 Å². The van der Waals surface area contributed by atoms with Gasteiger partial charge in [0.2, 0.25) is 0 Å². The first-order chi connectivity index (χ1) is 13.7. The number of nitrogens with one attached hydrogen (secondary N) is 1. The van der Waals surface area contributed by atoms with Crippen LogP contribution in [0.2, 0.25) is 0 Å². The second-order valence-corrected chi connectivity index (χ2v) is 7.80. The number of fused-ring (bicyclic) bond motifs is 1. The van der Waals surface area contributed by atoms with Gasteiger partial charge in [-0.1, -0.05) is 13.3 Å². The number of aryl methyl sites for hydroxylation is 1. The molecule has 28 heavy (non-hydrogen) atoms. The lowest BCUT2D eigenvalue weighted by molar-refractivity contribution is 0.153. The van der Waals surface area contributed by atoms with Crippen LogP contribution in [0.5, 0.6) is 11.5 Å². The van der Waals surface area contributed by atoms with Crippen molar-refractivity contribution in [1.82, 2.24) is 20.0 Å². The highest BCUT2D eigenvalue weighted by Crippen LogP contribution is 2.34. The molecule has 0 spiro atoms. The molecular formula is C22H32N4O2. The molecular weight excluding hydrogens is 352 g/mol. The Kier molecular flexibility index (Phi) is 6.17. The number of hydrogen-bond acceptors (Lipinski definition) is 5. The first-order valence-electron chi connectivity index (χ1n) is 10.6. The average molecular weight is 385 g/mol. The van der Waals surface area contributed by atoms with Crippen LogP contribution in [0.3, 0.4) is 0 Å². The number of rotatable bonds is 6. The quantitative estimate of drug-likeness (QED) is 0.829. The molecule has 4 rings (SSSR count). The molecule has 3 heterocycles. The number of aromatic nitrogens is 2. The summed E-state index contributed by atoms with van der Waals surface area (Å²) in [4.78, 5) is 2.60. The van der Waals surface area contributed by atoms with Gasteiger partial charge in [0, 0.05) is 49.9 Å². The molecule has 0 aliphatic carbocycles. The summed E-state index contributed by atoms with van der Waals surface area (Å²) in [5.41, 5.74) is 3.31. The molecule has 2 aliphatic rings. The largest absolute Gasteiger partial charge is 0.490 e. The number of ether oxygens (including phenoxy) is 2. The van der Waals surface area contributed by atoms with Crippen molar-refractivity contribution < 1.29 is 9.47 Å². The Bertz CT molecular complexity index is 789. The van der Waals surface area contributed by atoms with Gasteiger partial charge in [-0.15, -0.1) is 0 Å². The smallest absolute Gasteiger partial charge is 0.161 e. The van der Waals surface area contributed by atoms with Crippen LogP contribution in [0.1, 0.15) is 38.2 Å². The summed E-state index contributed by atoms with van der Waals surface area (Å²) in [5.74, 6) is 1.65. The third-order valence-electron chi connectivity index (χ3n) is 5.78. The highest BCUT2D eigenvalue weighted by molar-refractivity contribution is 5.66. The van der Waals surface area contributed by atoms with Crippen molar-refractivity contribution >= 4 is 0 Å². The first kappa shape index (κ1) is 19.3. The molecule has 0 radical (unpaired) electrons. The molecule has 1 fully saturated rings. The number of piperidine rings is 1. The van der Waals surface area contributed by atoms with Crippen molar-refractivity contribution in [1.29, 1.82) is 0 Å². The van der Waals surface area contributed by atoms with Gasteiger partial charge in [0.25, 0.3) is 0 Å². The average Bonchev–Trinajstić information content (AvgIpc) is 2.93. The van der Waals surface area contributed by atoms with Crippen LogP contribution >= 0.6 is 0 Å². The minimum atomic E-state index is 0.650. The van der Waals surface area contributed by atoms with Crippen LogP contribution in [0.25, 0.3) is 11.3 Å². The standard InChI is InChI=1S/C22H32N4O2/c1-3-26-10-5-4-7-19(26)15-23-14-18-16-25(2)24-22(18)17-8-9-20-21(13-17)28-12-6-11-27-20/h8-9,13,16,19,23H,3-7,10-12,14-15H2,1-2H3. The molecule has 152 valence electrons. The highest BCUT2D eigenvalue weighted by atomic mass is 16.5. The van der Waals surface area contributed by atoms with E-state index < -0.39 is 0 Å². The minimum Gasteiger partial charge on any atom is -0.490 e. The van der Waals surface area contributed by atoms with Gasteiger partial charge in [-0.3, -0.25) is 9.58 Å². The Morgan fingerprint density at radius 3 is 2.86 bits per heavy atom. The van der Waals surface area contributed by atoms with Crippen molar-refractivity contribution in [2.45, 2.75) is 45.2 Å². The van der Waals surface area contributed by atoms with E-state index in [1.54, 1.807) is 0 Å². The van der Waals surface area contributed by atoms with Gasteiger partial charge in [-0.2, -0.15) is 5.10 Å². The predicted molar refractivity (Wildman–Crippen MR) is 111 cm³/mol. The fourth-order valence-corrected chi connectivity index (χ4v) is 4.30. The van der Waals surface area contributed by atoms with Crippen LogP contribution < -0.4 is 14.8 Å². The molecule has 2 aliphatic heterocycles. The Labute approximate surface area is 167 Å². The van der Waals surface area contributed by atoms with Crippen LogP contribution in [-0.4, -0.2) is 53.6 Å². The number of likely N-dealkylation sites (N-methyl/N-ethyl adjacent to an activating group) is 1. The maximum absolute atomic E-state index is 5.86. The maximum atomic E-state index is 5.86. The molecule has 1 aromatic heterocycles. The van der Waals surface area contributed by atoms with Crippen molar-refractivity contribution in [2.75, 3.05) is 32.8 Å². The Morgan fingerprint density at radius 2 is 2.00 bits per heavy atom. The third kappa shape index (κ3) is 4.33. The number of likely N-dealkylation sites (tertiary alicyclic amines) is 1. The summed E-state index contributed by atoms with van der Waals surface area (Å²) >= 11 is 0. The zero-order valence-corrected chi connectivity index (χ0v) is 17.1. The van der Waals surface area contributed by atoms with Crippen LogP contribution in [0, 0.1) is 0 Å². The Balaban J connectivity index is 1.46. The maximum Gasteiger partial charge on any atom is 0.161 e. The van der Waals surface area contributed by atoms with Crippen LogP contribution in [0.15, 0.2) is 24.4 Å². The summed E-state index contributed by atoms with van der Waals surface area (Å²) < 4.78 is 13.5. The Morgan fingerprint density at radius 1 is 1.14 bits per heavy atom. The van der Waals surface area contributed by atoms with Crippen molar-refractivity contribution in [3.05, 3.63) is 30.0 Å². The lowest BCUT2D eigenvalue weighted by Gasteiger charge is -2.35. The van der Waals surface area contributed by atoms with Crippen molar-refractivity contribution in [2.24, 2.45) is 7.05 Å². The second kappa shape index (κ2) is 8.97. The van der Waals surface area contributed by atoms with Crippen LogP contribution in [-0.2, 0) is 13.6 Å². The van der Waals surface area contributed by atoms with E-state index in [4.69, 9.17) is 14.6 Å². The number of nitrogens with zero attached hydrogens (tertiary/aromatic N) is 3. The van der Waals surface area contributed by atoms with Crippen molar-refractivity contribution in [3.8, 4) is 22.8 Å². The summed E-state index contributed by atoms with van der Waals surface area (Å²) in [7, 11) is 1.98. The summed E-state index contributed by atoms with van der Waals surface area (Å²) in [5, 5.41) is 8.40. The third-order valence-corrected chi connectivity index (χ3v) is 5.78. The van der Waals surface area contributed by atoms with Crippen molar-refractivity contribution in [3.63, 3.8) is 0 Å². The van der Waals surface area contributed by atoms with Gasteiger partial charge in [0.05, 0.1) is 18.9 Å². The van der Waals surface area contributed by atoms with E-state index in [0.29, 0.717) is 19.3 Å². The van der Waals surface area contributed by atoms with E-state index in [1.165, 1.54) is 31.4 Å². The number of hydrogen-bond donors (Lipinski definition) is 1. The summed E-state index contributed by atoms with van der Waals surface area (Å²) in [6, 6.07) is 6.80. The lowest BCUT2D eigenvalue weighted by Crippen LogP contribution is -2.45. The predicted octanol–water partition coefficient (Wildman–Crippen LogP) is 3.21. The zero-order valence-electron chi connectivity index (χ0n) is 17.1. The zero-order chi connectivity index (χ0) is 19.3.